The summed E-state index contributed by atoms with van der Waals surface area (Å²) in [5, 5.41) is 32.9. The first kappa shape index (κ1) is 12.9. The fourth-order valence-electron chi connectivity index (χ4n) is 2.29. The molecule has 0 spiro atoms. The highest BCUT2D eigenvalue weighted by Gasteiger charge is 2.51. The van der Waals surface area contributed by atoms with Crippen LogP contribution in [0, 0.1) is 16.0 Å². The van der Waals surface area contributed by atoms with Crippen molar-refractivity contribution in [2.45, 2.75) is 51.2 Å². The molecule has 3 atom stereocenters. The van der Waals surface area contributed by atoms with Crippen molar-refractivity contribution in [2.75, 3.05) is 0 Å². The molecule has 0 amide bonds. The first-order chi connectivity index (χ1) is 7.23. The number of hydrogen-bond donors (Lipinski definition) is 2. The third-order valence-electron chi connectivity index (χ3n) is 3.67. The number of hydrogen-bond acceptors (Lipinski definition) is 5. The second-order valence-corrected chi connectivity index (χ2v) is 5.11. The van der Waals surface area contributed by atoms with Crippen molar-refractivity contribution < 1.29 is 15.2 Å². The van der Waals surface area contributed by atoms with Crippen LogP contribution in [0.4, 0.5) is 0 Å². The molecule has 1 rings (SSSR count). The summed E-state index contributed by atoms with van der Waals surface area (Å²) in [4.78, 5) is 10.7. The number of oxime groups is 1. The lowest BCUT2D eigenvalue weighted by Crippen LogP contribution is -2.52. The monoisotopic (exact) mass is 230 g/mol. The fourth-order valence-corrected chi connectivity index (χ4v) is 2.29. The molecule has 1 aliphatic rings. The van der Waals surface area contributed by atoms with Gasteiger partial charge in [0.1, 0.15) is 0 Å². The van der Waals surface area contributed by atoms with Crippen LogP contribution in [-0.4, -0.2) is 32.1 Å². The number of rotatable bonds is 2. The molecule has 0 heterocycles. The smallest absolute Gasteiger partial charge is 0.220 e. The first-order valence-corrected chi connectivity index (χ1v) is 5.28. The molecule has 0 aliphatic heterocycles. The van der Waals surface area contributed by atoms with Crippen molar-refractivity contribution in [3.05, 3.63) is 10.1 Å². The van der Waals surface area contributed by atoms with Crippen LogP contribution >= 0.6 is 0 Å². The summed E-state index contributed by atoms with van der Waals surface area (Å²) in [5.74, 6) is -0.471. The van der Waals surface area contributed by atoms with E-state index >= 15 is 0 Å². The van der Waals surface area contributed by atoms with Gasteiger partial charge in [-0.1, -0.05) is 5.16 Å². The van der Waals surface area contributed by atoms with Gasteiger partial charge in [-0.25, -0.2) is 0 Å². The van der Waals surface area contributed by atoms with Crippen LogP contribution in [0.15, 0.2) is 5.16 Å². The zero-order valence-electron chi connectivity index (χ0n) is 9.80. The first-order valence-electron chi connectivity index (χ1n) is 5.28. The maximum absolute atomic E-state index is 11.0. The van der Waals surface area contributed by atoms with E-state index in [9.17, 15) is 15.2 Å². The second-order valence-electron chi connectivity index (χ2n) is 5.11. The Kier molecular flexibility index (Phi) is 3.23. The van der Waals surface area contributed by atoms with Gasteiger partial charge < -0.3 is 10.3 Å². The quantitative estimate of drug-likeness (QED) is 0.324. The maximum Gasteiger partial charge on any atom is 0.220 e. The van der Waals surface area contributed by atoms with Crippen molar-refractivity contribution in [2.24, 2.45) is 11.1 Å². The molecular weight excluding hydrogens is 212 g/mol. The van der Waals surface area contributed by atoms with Gasteiger partial charge in [-0.3, -0.25) is 10.1 Å². The Bertz CT molecular complexity index is 327. The van der Waals surface area contributed by atoms with Crippen LogP contribution < -0.4 is 0 Å². The van der Waals surface area contributed by atoms with Gasteiger partial charge in [-0.05, 0) is 20.3 Å². The van der Waals surface area contributed by atoms with Crippen molar-refractivity contribution >= 4 is 5.71 Å². The molecule has 0 aromatic carbocycles. The molecule has 0 bridgehead atoms. The van der Waals surface area contributed by atoms with Crippen LogP contribution in [-0.2, 0) is 0 Å². The van der Waals surface area contributed by atoms with Crippen LogP contribution in [0.3, 0.4) is 0 Å². The summed E-state index contributed by atoms with van der Waals surface area (Å²) in [6, 6.07) is 0. The van der Waals surface area contributed by atoms with Crippen molar-refractivity contribution in [1.82, 2.24) is 0 Å². The van der Waals surface area contributed by atoms with Gasteiger partial charge >= 0.3 is 0 Å². The van der Waals surface area contributed by atoms with Crippen LogP contribution in [0.2, 0.25) is 0 Å². The lowest BCUT2D eigenvalue weighted by atomic mass is 9.67. The minimum Gasteiger partial charge on any atom is -0.411 e. The van der Waals surface area contributed by atoms with Gasteiger partial charge in [0.05, 0.1) is 11.3 Å². The average molecular weight is 230 g/mol. The maximum atomic E-state index is 11.0. The zero-order chi connectivity index (χ0) is 12.6. The van der Waals surface area contributed by atoms with E-state index in [1.54, 1.807) is 20.8 Å². The summed E-state index contributed by atoms with van der Waals surface area (Å²) in [5.41, 5.74) is -1.73. The largest absolute Gasteiger partial charge is 0.411 e. The Morgan fingerprint density at radius 2 is 2.06 bits per heavy atom. The van der Waals surface area contributed by atoms with Gasteiger partial charge in [0.15, 0.2) is 0 Å². The molecule has 1 fully saturated rings. The van der Waals surface area contributed by atoms with Crippen molar-refractivity contribution in [3.63, 3.8) is 0 Å². The van der Waals surface area contributed by atoms with Gasteiger partial charge in [-0.2, -0.15) is 0 Å². The van der Waals surface area contributed by atoms with Gasteiger partial charge in [0.2, 0.25) is 5.54 Å². The molecule has 0 radical (unpaired) electrons. The predicted octanol–water partition coefficient (Wildman–Crippen LogP) is 1.42. The van der Waals surface area contributed by atoms with E-state index in [1.165, 1.54) is 0 Å². The molecule has 2 N–H and O–H groups in total. The Balaban J connectivity index is 2.99. The van der Waals surface area contributed by atoms with Crippen molar-refractivity contribution in [3.8, 4) is 0 Å². The molecule has 16 heavy (non-hydrogen) atoms. The SMILES string of the molecule is C/C(=N\O)[C@H]1C[C@@](C)([N+](=O)[O-])CC[C@@]1(C)O. The van der Waals surface area contributed by atoms with Crippen LogP contribution in [0.5, 0.6) is 0 Å². The predicted molar refractivity (Wildman–Crippen MR) is 58.3 cm³/mol. The fraction of sp³-hybridized carbons (Fsp3) is 0.900. The topological polar surface area (TPSA) is 96.0 Å². The molecule has 0 aromatic rings. The molecule has 92 valence electrons. The summed E-state index contributed by atoms with van der Waals surface area (Å²) in [6.07, 6.45) is 0.868. The summed E-state index contributed by atoms with van der Waals surface area (Å²) in [7, 11) is 0. The Morgan fingerprint density at radius 3 is 2.50 bits per heavy atom. The Morgan fingerprint density at radius 1 is 1.50 bits per heavy atom. The minimum absolute atomic E-state index is 0.197. The highest BCUT2D eigenvalue weighted by atomic mass is 16.6. The van der Waals surface area contributed by atoms with Gasteiger partial charge in [0, 0.05) is 30.6 Å². The molecule has 0 aromatic heterocycles. The van der Waals surface area contributed by atoms with Crippen LogP contribution in [0.1, 0.15) is 40.0 Å². The van der Waals surface area contributed by atoms with E-state index in [1.807, 2.05) is 0 Å². The lowest BCUT2D eigenvalue weighted by Gasteiger charge is -2.41. The Hall–Kier alpha value is -1.17. The zero-order valence-corrected chi connectivity index (χ0v) is 9.80. The normalized spacial score (nSPS) is 40.8. The molecule has 0 saturated heterocycles. The summed E-state index contributed by atoms with van der Waals surface area (Å²) in [6.45, 7) is 4.77. The lowest BCUT2D eigenvalue weighted by molar-refractivity contribution is -0.573. The molecule has 1 saturated carbocycles. The molecule has 0 unspecified atom stereocenters. The third kappa shape index (κ3) is 2.16. The third-order valence-corrected chi connectivity index (χ3v) is 3.67. The summed E-state index contributed by atoms with van der Waals surface area (Å²) >= 11 is 0. The van der Waals surface area contributed by atoms with E-state index in [-0.39, 0.29) is 11.3 Å². The van der Waals surface area contributed by atoms with E-state index in [0.29, 0.717) is 18.6 Å². The molecule has 6 nitrogen and oxygen atoms in total. The minimum atomic E-state index is -1.04. The van der Waals surface area contributed by atoms with Crippen LogP contribution in [0.25, 0.3) is 0 Å². The summed E-state index contributed by atoms with van der Waals surface area (Å²) < 4.78 is 0. The van der Waals surface area contributed by atoms with E-state index in [0.717, 1.165) is 0 Å². The highest BCUT2D eigenvalue weighted by molar-refractivity contribution is 5.85. The van der Waals surface area contributed by atoms with Crippen molar-refractivity contribution in [1.29, 1.82) is 0 Å². The highest BCUT2D eigenvalue weighted by Crippen LogP contribution is 2.41. The standard InChI is InChI=1S/C10H18N2O4/c1-7(11-14)8-6-9(2,12(15)16)4-5-10(8,3)13/h8,13-14H,4-6H2,1-3H3/b11-7+/t8-,9+,10-/m1/s1. The molecular formula is C10H18N2O4. The number of nitro groups is 1. The average Bonchev–Trinajstić information content (AvgIpc) is 2.20. The van der Waals surface area contributed by atoms with Gasteiger partial charge in [-0.15, -0.1) is 0 Å². The van der Waals surface area contributed by atoms with E-state index < -0.39 is 17.1 Å². The Labute approximate surface area is 94.1 Å². The van der Waals surface area contributed by atoms with E-state index in [4.69, 9.17) is 5.21 Å². The van der Waals surface area contributed by atoms with Gasteiger partial charge in [0.25, 0.3) is 0 Å². The second kappa shape index (κ2) is 4.01. The number of aliphatic hydroxyl groups is 1. The molecule has 6 heteroatoms. The number of nitrogens with zero attached hydrogens (tertiary/aromatic N) is 2. The molecule has 1 aliphatic carbocycles. The van der Waals surface area contributed by atoms with E-state index in [2.05, 4.69) is 5.16 Å².